The molecule has 0 spiro atoms. The first-order chi connectivity index (χ1) is 20.0. The topological polar surface area (TPSA) is 94.8 Å². The molecule has 3 N–H and O–H groups in total. The van der Waals surface area contributed by atoms with Crippen molar-refractivity contribution >= 4 is 11.9 Å². The number of carboxylic acid groups (broad SMARTS) is 2. The Bertz CT molecular complexity index is 522. The molecule has 0 bridgehead atoms. The summed E-state index contributed by atoms with van der Waals surface area (Å²) < 4.78 is 0. The number of aliphatic hydroxyl groups is 1. The third kappa shape index (κ3) is 41.1. The van der Waals surface area contributed by atoms with Crippen molar-refractivity contribution in [2.24, 2.45) is 0 Å². The molecule has 5 nitrogen and oxygen atoms in total. The van der Waals surface area contributed by atoms with Gasteiger partial charge in [-0.25, -0.2) is 4.79 Å². The number of carbonyl (C=O) groups is 2. The molecule has 0 aromatic carbocycles. The molecule has 0 saturated heterocycles. The average molecular weight is 585 g/mol. The van der Waals surface area contributed by atoms with Gasteiger partial charge < -0.3 is 15.3 Å². The van der Waals surface area contributed by atoms with E-state index < -0.39 is 18.0 Å². The lowest BCUT2D eigenvalue weighted by molar-refractivity contribution is -0.147. The van der Waals surface area contributed by atoms with Crippen LogP contribution in [0.3, 0.4) is 0 Å². The number of hydrogen-bond donors (Lipinski definition) is 3. The van der Waals surface area contributed by atoms with Crippen LogP contribution in [0.15, 0.2) is 0 Å². The summed E-state index contributed by atoms with van der Waals surface area (Å²) in [5.41, 5.74) is 0. The van der Waals surface area contributed by atoms with Crippen molar-refractivity contribution in [2.45, 2.75) is 219 Å². The molecule has 0 fully saturated rings. The van der Waals surface area contributed by atoms with Gasteiger partial charge >= 0.3 is 11.9 Å². The lowest BCUT2D eigenvalue weighted by Gasteiger charge is -2.05. The van der Waals surface area contributed by atoms with Crippen LogP contribution in [-0.4, -0.2) is 33.4 Å². The molecule has 0 rings (SSSR count). The minimum Gasteiger partial charge on any atom is -0.481 e. The van der Waals surface area contributed by atoms with Gasteiger partial charge in [-0.05, 0) is 12.8 Å². The Morgan fingerprint density at radius 2 is 0.659 bits per heavy atom. The molecule has 0 amide bonds. The van der Waals surface area contributed by atoms with Crippen molar-refractivity contribution in [1.29, 1.82) is 0 Å². The van der Waals surface area contributed by atoms with Gasteiger partial charge in [-0.3, -0.25) is 4.79 Å². The van der Waals surface area contributed by atoms with Crippen LogP contribution >= 0.6 is 0 Å². The van der Waals surface area contributed by atoms with E-state index in [-0.39, 0.29) is 0 Å². The zero-order chi connectivity index (χ0) is 30.7. The number of aliphatic hydroxyl groups excluding tert-OH is 1. The molecule has 0 radical (unpaired) electrons. The third-order valence-electron chi connectivity index (χ3n) is 8.11. The maximum atomic E-state index is 10.4. The van der Waals surface area contributed by atoms with Crippen molar-refractivity contribution in [3.8, 4) is 0 Å². The highest BCUT2D eigenvalue weighted by atomic mass is 16.4. The van der Waals surface area contributed by atoms with Gasteiger partial charge in [0.2, 0.25) is 0 Å². The molecule has 0 aromatic heterocycles. The Balaban J connectivity index is 0. The highest BCUT2D eigenvalue weighted by molar-refractivity contribution is 5.71. The van der Waals surface area contributed by atoms with Crippen LogP contribution in [0.1, 0.15) is 213 Å². The van der Waals surface area contributed by atoms with Gasteiger partial charge in [0.25, 0.3) is 0 Å². The second-order valence-electron chi connectivity index (χ2n) is 12.3. The Morgan fingerprint density at radius 3 is 0.902 bits per heavy atom. The zero-order valence-corrected chi connectivity index (χ0v) is 27.7. The van der Waals surface area contributed by atoms with E-state index in [1.807, 2.05) is 0 Å². The van der Waals surface area contributed by atoms with Gasteiger partial charge in [0.15, 0.2) is 6.10 Å². The van der Waals surface area contributed by atoms with Gasteiger partial charge in [-0.1, -0.05) is 194 Å². The summed E-state index contributed by atoms with van der Waals surface area (Å²) in [7, 11) is 0. The Morgan fingerprint density at radius 1 is 0.415 bits per heavy atom. The molecule has 41 heavy (non-hydrogen) atoms. The SMILES string of the molecule is CCCCCCCCCCCCCCCC(=O)O.CCCCCCCCCCCCCCCCCCC(O)C(=O)O. The van der Waals surface area contributed by atoms with Gasteiger partial charge in [0.05, 0.1) is 0 Å². The Labute approximate surface area is 255 Å². The first kappa shape index (κ1) is 42.0. The van der Waals surface area contributed by atoms with Crippen LogP contribution in [0.4, 0.5) is 0 Å². The first-order valence-electron chi connectivity index (χ1n) is 18.1. The molecule has 0 aromatic rings. The van der Waals surface area contributed by atoms with Crippen LogP contribution < -0.4 is 0 Å². The van der Waals surface area contributed by atoms with Crippen molar-refractivity contribution in [3.63, 3.8) is 0 Å². The van der Waals surface area contributed by atoms with E-state index in [1.165, 1.54) is 161 Å². The molecule has 0 aliphatic rings. The molecular weight excluding hydrogens is 512 g/mol. The number of carboxylic acids is 2. The van der Waals surface area contributed by atoms with Crippen LogP contribution in [0.2, 0.25) is 0 Å². The fraction of sp³-hybridized carbons (Fsp3) is 0.944. The minimum absolute atomic E-state index is 0.345. The Hall–Kier alpha value is -1.10. The van der Waals surface area contributed by atoms with Crippen LogP contribution in [0.5, 0.6) is 0 Å². The van der Waals surface area contributed by atoms with Crippen molar-refractivity contribution < 1.29 is 24.9 Å². The van der Waals surface area contributed by atoms with Crippen molar-refractivity contribution in [1.82, 2.24) is 0 Å². The largest absolute Gasteiger partial charge is 0.481 e. The quantitative estimate of drug-likeness (QED) is 0.0683. The summed E-state index contributed by atoms with van der Waals surface area (Å²) in [4.78, 5) is 20.7. The van der Waals surface area contributed by atoms with Gasteiger partial charge in [-0.2, -0.15) is 0 Å². The fourth-order valence-electron chi connectivity index (χ4n) is 5.30. The van der Waals surface area contributed by atoms with Crippen LogP contribution in [-0.2, 0) is 9.59 Å². The molecule has 0 saturated carbocycles. The van der Waals surface area contributed by atoms with Crippen molar-refractivity contribution in [3.05, 3.63) is 0 Å². The summed E-state index contributed by atoms with van der Waals surface area (Å²) in [6.45, 7) is 4.53. The molecule has 1 atom stereocenters. The van der Waals surface area contributed by atoms with Gasteiger partial charge in [0, 0.05) is 6.42 Å². The monoisotopic (exact) mass is 585 g/mol. The predicted molar refractivity (Wildman–Crippen MR) is 176 cm³/mol. The lowest BCUT2D eigenvalue weighted by atomic mass is 10.0. The third-order valence-corrected chi connectivity index (χ3v) is 8.11. The van der Waals surface area contributed by atoms with Gasteiger partial charge in [-0.15, -0.1) is 0 Å². The van der Waals surface area contributed by atoms with Crippen LogP contribution in [0, 0.1) is 0 Å². The number of hydrogen-bond acceptors (Lipinski definition) is 3. The molecule has 0 aliphatic carbocycles. The van der Waals surface area contributed by atoms with E-state index in [4.69, 9.17) is 15.3 Å². The maximum absolute atomic E-state index is 10.4. The summed E-state index contributed by atoms with van der Waals surface area (Å²) in [6, 6.07) is 0. The summed E-state index contributed by atoms with van der Waals surface area (Å²) in [6.07, 6.45) is 37.5. The zero-order valence-electron chi connectivity index (χ0n) is 27.7. The fourth-order valence-corrected chi connectivity index (χ4v) is 5.30. The van der Waals surface area contributed by atoms with E-state index in [1.54, 1.807) is 0 Å². The van der Waals surface area contributed by atoms with E-state index >= 15 is 0 Å². The normalized spacial score (nSPS) is 11.7. The van der Waals surface area contributed by atoms with Gasteiger partial charge in [0.1, 0.15) is 0 Å². The minimum atomic E-state index is -1.17. The summed E-state index contributed by atoms with van der Waals surface area (Å²) in [5.74, 6) is -1.75. The molecular formula is C36H72O5. The molecule has 5 heteroatoms. The standard InChI is InChI=1S/C20H40O3.C16H32O2/c1-2-3-4-5-6-7-8-9-10-11-12-13-14-15-16-17-18-19(21)20(22)23;1-2-3-4-5-6-7-8-9-10-11-12-13-14-15-16(17)18/h19,21H,2-18H2,1H3,(H,22,23);2-15H2,1H3,(H,17,18). The van der Waals surface area contributed by atoms with E-state index in [0.29, 0.717) is 12.8 Å². The van der Waals surface area contributed by atoms with Crippen LogP contribution in [0.25, 0.3) is 0 Å². The second kappa shape index (κ2) is 36.9. The highest BCUT2D eigenvalue weighted by Crippen LogP contribution is 2.15. The smallest absolute Gasteiger partial charge is 0.332 e. The summed E-state index contributed by atoms with van der Waals surface area (Å²) in [5, 5.41) is 26.2. The number of rotatable bonds is 32. The Kier molecular flexibility index (Phi) is 37.9. The maximum Gasteiger partial charge on any atom is 0.332 e. The average Bonchev–Trinajstić information content (AvgIpc) is 2.95. The van der Waals surface area contributed by atoms with Crippen molar-refractivity contribution in [2.75, 3.05) is 0 Å². The highest BCUT2D eigenvalue weighted by Gasteiger charge is 2.11. The van der Waals surface area contributed by atoms with E-state index in [9.17, 15) is 9.59 Å². The number of unbranched alkanes of at least 4 members (excludes halogenated alkanes) is 27. The lowest BCUT2D eigenvalue weighted by Crippen LogP contribution is -2.18. The first-order valence-corrected chi connectivity index (χ1v) is 18.1. The molecule has 0 aliphatic heterocycles. The second-order valence-corrected chi connectivity index (χ2v) is 12.3. The molecule has 0 heterocycles. The van der Waals surface area contributed by atoms with E-state index in [2.05, 4.69) is 13.8 Å². The molecule has 1 unspecified atom stereocenters. The number of aliphatic carboxylic acids is 2. The summed E-state index contributed by atoms with van der Waals surface area (Å²) >= 11 is 0. The van der Waals surface area contributed by atoms with E-state index in [0.717, 1.165) is 25.7 Å². The predicted octanol–water partition coefficient (Wildman–Crippen LogP) is 11.6. The molecule has 246 valence electrons.